The van der Waals surface area contributed by atoms with E-state index in [2.05, 4.69) is 111 Å². The molecule has 0 aromatic rings. The van der Waals surface area contributed by atoms with Crippen molar-refractivity contribution in [3.05, 3.63) is 97.2 Å². The van der Waals surface area contributed by atoms with Crippen molar-refractivity contribution < 1.29 is 42.9 Å². The average Bonchev–Trinajstić information content (AvgIpc) is 3.31. The molecule has 0 amide bonds. The molecular weight excluding hydrogens is 863 g/mol. The van der Waals surface area contributed by atoms with E-state index in [1.807, 2.05) is 21.1 Å². The normalized spacial score (nSPS) is 13.6. The molecule has 2 atom stereocenters. The molecule has 394 valence electrons. The lowest BCUT2D eigenvalue weighted by atomic mass is 10.0. The summed E-state index contributed by atoms with van der Waals surface area (Å²) in [5.41, 5.74) is 0. The number of ether oxygens (including phenoxy) is 4. The highest BCUT2D eigenvalue weighted by atomic mass is 16.7. The van der Waals surface area contributed by atoms with Gasteiger partial charge in [0.2, 0.25) is 0 Å². The molecule has 0 heterocycles. The summed E-state index contributed by atoms with van der Waals surface area (Å²) in [6, 6.07) is 0. The van der Waals surface area contributed by atoms with E-state index in [-0.39, 0.29) is 38.6 Å². The van der Waals surface area contributed by atoms with Crippen LogP contribution in [0.4, 0.5) is 0 Å². The molecule has 2 unspecified atom stereocenters. The second-order valence-electron chi connectivity index (χ2n) is 19.1. The second-order valence-corrected chi connectivity index (χ2v) is 19.1. The zero-order valence-electron chi connectivity index (χ0n) is 44.6. The maximum Gasteiger partial charge on any atom is 0.306 e. The molecule has 0 fully saturated rings. The van der Waals surface area contributed by atoms with Crippen LogP contribution in [-0.4, -0.2) is 82.3 Å². The number of nitrogens with zero attached hydrogens (tertiary/aromatic N) is 1. The van der Waals surface area contributed by atoms with E-state index in [9.17, 15) is 19.5 Å². The number of rotatable bonds is 49. The second kappa shape index (κ2) is 50.6. The van der Waals surface area contributed by atoms with Crippen LogP contribution < -0.4 is 5.11 Å². The van der Waals surface area contributed by atoms with Crippen molar-refractivity contribution in [3.8, 4) is 0 Å². The molecular formula is C60H101NO8. The van der Waals surface area contributed by atoms with Crippen LogP contribution in [0.1, 0.15) is 206 Å². The standard InChI is InChI=1S/C60H101NO8/c1-6-8-10-12-14-16-18-20-21-22-23-24-25-26-27-28-29-30-31-32-33-34-35-36-37-39-41-43-45-47-49-51-58(63)69-56(55-68-60(59(64)65)66-53-52-61(3,4)5)54-67-57(62)50-48-46-44-42-40-38-19-17-15-13-11-9-7-2/h8,10,14,16,20-21,23-24,26-27,29-30,32-33,35-36,56,60H,6-7,9,11-13,15,17-19,22,25,28,31,34,37-55H2,1-5H3/b10-8-,16-14-,21-20-,24-23-,27-26-,30-29-,33-32-,36-35-. The van der Waals surface area contributed by atoms with Gasteiger partial charge in [-0.25, -0.2) is 0 Å². The summed E-state index contributed by atoms with van der Waals surface area (Å²) >= 11 is 0. The molecule has 9 heteroatoms. The highest BCUT2D eigenvalue weighted by Gasteiger charge is 2.22. The van der Waals surface area contributed by atoms with Gasteiger partial charge in [-0.3, -0.25) is 9.59 Å². The molecule has 0 N–H and O–H groups in total. The largest absolute Gasteiger partial charge is 0.545 e. The first-order chi connectivity index (χ1) is 33.6. The third-order valence-electron chi connectivity index (χ3n) is 11.3. The minimum Gasteiger partial charge on any atom is -0.545 e. The van der Waals surface area contributed by atoms with E-state index in [0.717, 1.165) is 109 Å². The van der Waals surface area contributed by atoms with Crippen LogP contribution in [0.15, 0.2) is 97.2 Å². The molecule has 0 spiro atoms. The number of carbonyl (C=O) groups is 3. The molecule has 0 aliphatic carbocycles. The highest BCUT2D eigenvalue weighted by molar-refractivity contribution is 5.70. The van der Waals surface area contributed by atoms with Gasteiger partial charge in [0.25, 0.3) is 0 Å². The van der Waals surface area contributed by atoms with Crippen LogP contribution in [0.25, 0.3) is 0 Å². The first-order valence-corrected chi connectivity index (χ1v) is 27.4. The summed E-state index contributed by atoms with van der Waals surface area (Å²) in [6.45, 7) is 4.60. The number of likely N-dealkylation sites (N-methyl/N-ethyl adjacent to an activating group) is 1. The highest BCUT2D eigenvalue weighted by Crippen LogP contribution is 2.15. The predicted molar refractivity (Wildman–Crippen MR) is 287 cm³/mol. The smallest absolute Gasteiger partial charge is 0.306 e. The molecule has 0 bridgehead atoms. The van der Waals surface area contributed by atoms with Gasteiger partial charge in [0, 0.05) is 12.8 Å². The van der Waals surface area contributed by atoms with Crippen LogP contribution in [0.2, 0.25) is 0 Å². The Bertz CT molecular complexity index is 1450. The maximum atomic E-state index is 12.8. The quantitative estimate of drug-likeness (QED) is 0.0195. The Morgan fingerprint density at radius 2 is 0.826 bits per heavy atom. The lowest BCUT2D eigenvalue weighted by Gasteiger charge is -2.26. The van der Waals surface area contributed by atoms with Crippen molar-refractivity contribution in [2.24, 2.45) is 0 Å². The monoisotopic (exact) mass is 964 g/mol. The predicted octanol–water partition coefficient (Wildman–Crippen LogP) is 14.4. The average molecular weight is 964 g/mol. The third-order valence-corrected chi connectivity index (χ3v) is 11.3. The van der Waals surface area contributed by atoms with Crippen LogP contribution in [0.5, 0.6) is 0 Å². The van der Waals surface area contributed by atoms with Crippen LogP contribution in [-0.2, 0) is 33.3 Å². The molecule has 0 aliphatic heterocycles. The first kappa shape index (κ1) is 65.2. The van der Waals surface area contributed by atoms with Crippen LogP contribution >= 0.6 is 0 Å². The van der Waals surface area contributed by atoms with Crippen molar-refractivity contribution in [1.82, 2.24) is 0 Å². The van der Waals surface area contributed by atoms with Gasteiger partial charge in [0.1, 0.15) is 13.2 Å². The summed E-state index contributed by atoms with van der Waals surface area (Å²) in [7, 11) is 5.90. The van der Waals surface area contributed by atoms with Gasteiger partial charge in [0.15, 0.2) is 12.4 Å². The molecule has 69 heavy (non-hydrogen) atoms. The lowest BCUT2D eigenvalue weighted by Crippen LogP contribution is -2.44. The van der Waals surface area contributed by atoms with Gasteiger partial charge < -0.3 is 33.3 Å². The summed E-state index contributed by atoms with van der Waals surface area (Å²) in [6.07, 6.45) is 64.5. The van der Waals surface area contributed by atoms with Crippen LogP contribution in [0.3, 0.4) is 0 Å². The minimum atomic E-state index is -1.63. The van der Waals surface area contributed by atoms with Gasteiger partial charge in [-0.05, 0) is 77.0 Å². The van der Waals surface area contributed by atoms with E-state index >= 15 is 0 Å². The van der Waals surface area contributed by atoms with Gasteiger partial charge >= 0.3 is 11.9 Å². The summed E-state index contributed by atoms with van der Waals surface area (Å²) < 4.78 is 22.6. The molecule has 0 rings (SSSR count). The zero-order valence-corrected chi connectivity index (χ0v) is 44.6. The fraction of sp³-hybridized carbons (Fsp3) is 0.683. The van der Waals surface area contributed by atoms with Crippen molar-refractivity contribution in [2.45, 2.75) is 219 Å². The van der Waals surface area contributed by atoms with Gasteiger partial charge in [0.05, 0.1) is 40.3 Å². The number of esters is 2. The molecule has 9 nitrogen and oxygen atoms in total. The Morgan fingerprint density at radius 3 is 1.23 bits per heavy atom. The fourth-order valence-electron chi connectivity index (χ4n) is 7.14. The molecule has 0 aliphatic rings. The van der Waals surface area contributed by atoms with E-state index in [0.29, 0.717) is 17.4 Å². The fourth-order valence-corrected chi connectivity index (χ4v) is 7.14. The summed E-state index contributed by atoms with van der Waals surface area (Å²) in [5, 5.41) is 11.7. The lowest BCUT2D eigenvalue weighted by molar-refractivity contribution is -0.870. The van der Waals surface area contributed by atoms with Gasteiger partial charge in [-0.15, -0.1) is 0 Å². The number of unbranched alkanes of at least 4 members (excludes halogenated alkanes) is 18. The Hall–Kier alpha value is -3.79. The van der Waals surface area contributed by atoms with E-state index < -0.39 is 24.3 Å². The summed E-state index contributed by atoms with van der Waals surface area (Å²) in [5.74, 6) is -2.31. The zero-order chi connectivity index (χ0) is 50.6. The topological polar surface area (TPSA) is 111 Å². The number of hydrogen-bond acceptors (Lipinski definition) is 8. The number of allylic oxidation sites excluding steroid dienone is 16. The first-order valence-electron chi connectivity index (χ1n) is 27.4. The SMILES string of the molecule is CC/C=C\C/C=C\C/C=C\C/C=C\C/C=C\C/C=C\C/C=C\C/C=C\CCCCCCCCC(=O)OC(COC(=O)CCCCCCCCCCCCCCC)COC(OCC[N+](C)(C)C)C(=O)[O-]. The molecule has 0 aromatic heterocycles. The Labute approximate surface area is 422 Å². The molecule has 0 saturated heterocycles. The van der Waals surface area contributed by atoms with Crippen molar-refractivity contribution in [1.29, 1.82) is 0 Å². The van der Waals surface area contributed by atoms with E-state index in [1.54, 1.807) is 0 Å². The molecule has 0 saturated carbocycles. The number of aliphatic carboxylic acids is 1. The molecule has 0 aromatic carbocycles. The van der Waals surface area contributed by atoms with Gasteiger partial charge in [-0.1, -0.05) is 214 Å². The van der Waals surface area contributed by atoms with Crippen molar-refractivity contribution in [3.63, 3.8) is 0 Å². The maximum absolute atomic E-state index is 12.8. The van der Waals surface area contributed by atoms with Gasteiger partial charge in [-0.2, -0.15) is 0 Å². The Balaban J connectivity index is 4.29. The van der Waals surface area contributed by atoms with Crippen LogP contribution in [0, 0.1) is 0 Å². The Kier molecular flexibility index (Phi) is 47.8. The number of carboxylic acid groups (broad SMARTS) is 1. The van der Waals surface area contributed by atoms with Crippen molar-refractivity contribution >= 4 is 17.9 Å². The number of quaternary nitrogens is 1. The number of carboxylic acids is 1. The Morgan fingerprint density at radius 1 is 0.449 bits per heavy atom. The minimum absolute atomic E-state index is 0.141. The molecule has 0 radical (unpaired) electrons. The number of hydrogen-bond donors (Lipinski definition) is 0. The number of carbonyl (C=O) groups excluding carboxylic acids is 3. The van der Waals surface area contributed by atoms with Crippen molar-refractivity contribution in [2.75, 3.05) is 47.5 Å². The van der Waals surface area contributed by atoms with E-state index in [4.69, 9.17) is 18.9 Å². The van der Waals surface area contributed by atoms with E-state index in [1.165, 1.54) is 64.2 Å². The third kappa shape index (κ3) is 51.9. The summed E-state index contributed by atoms with van der Waals surface area (Å²) in [4.78, 5) is 37.2.